The van der Waals surface area contributed by atoms with E-state index in [2.05, 4.69) is 0 Å². The Balaban J connectivity index is 1.64. The zero-order valence-electron chi connectivity index (χ0n) is 19.1. The SMILES string of the molecule is CC(=O)c1cccc(-c2ccc(O)c3c2CC2CC4CC=C(C(N)=O)C(=O)C4C(C)=C2C3=O)c1. The number of phenols is 1. The number of primary amides is 1. The van der Waals surface area contributed by atoms with Gasteiger partial charge >= 0.3 is 0 Å². The van der Waals surface area contributed by atoms with Gasteiger partial charge in [0.2, 0.25) is 0 Å². The van der Waals surface area contributed by atoms with E-state index in [1.54, 1.807) is 25.1 Å². The third-order valence-electron chi connectivity index (χ3n) is 7.59. The number of aromatic hydroxyl groups is 1. The summed E-state index contributed by atoms with van der Waals surface area (Å²) in [6, 6.07) is 10.6. The maximum atomic E-state index is 13.7. The molecule has 3 N–H and O–H groups in total. The van der Waals surface area contributed by atoms with E-state index in [1.807, 2.05) is 18.2 Å². The Hall–Kier alpha value is -3.80. The Labute approximate surface area is 197 Å². The molecular formula is C28H25NO5. The lowest BCUT2D eigenvalue weighted by atomic mass is 9.60. The number of allylic oxidation sites excluding steroid dienone is 3. The van der Waals surface area contributed by atoms with Crippen LogP contribution in [0.5, 0.6) is 5.75 Å². The number of hydrogen-bond acceptors (Lipinski definition) is 5. The maximum Gasteiger partial charge on any atom is 0.252 e. The molecule has 3 aliphatic carbocycles. The van der Waals surface area contributed by atoms with Gasteiger partial charge in [0.25, 0.3) is 5.91 Å². The second kappa shape index (κ2) is 7.90. The predicted molar refractivity (Wildman–Crippen MR) is 126 cm³/mol. The maximum absolute atomic E-state index is 13.7. The first-order chi connectivity index (χ1) is 16.2. The summed E-state index contributed by atoms with van der Waals surface area (Å²) in [7, 11) is 0. The van der Waals surface area contributed by atoms with Gasteiger partial charge in [-0.05, 0) is 73.8 Å². The fourth-order valence-corrected chi connectivity index (χ4v) is 6.07. The first-order valence-corrected chi connectivity index (χ1v) is 11.4. The lowest BCUT2D eigenvalue weighted by molar-refractivity contribution is -0.124. The van der Waals surface area contributed by atoms with Gasteiger partial charge in [0.15, 0.2) is 17.3 Å². The molecule has 0 saturated heterocycles. The standard InChI is InChI=1S/C28H25NO5/c1-13-23-17(6-7-20(26(23)32)28(29)34)11-18-12-21-19(16-5-3-4-15(10-16)14(2)30)8-9-22(31)25(21)27(33)24(13)18/h3-5,7-10,17-18,23,31H,6,11-12H2,1-2H3,(H2,29,34). The van der Waals surface area contributed by atoms with Crippen LogP contribution in [0, 0.1) is 17.8 Å². The van der Waals surface area contributed by atoms with E-state index >= 15 is 0 Å². The minimum atomic E-state index is -0.737. The van der Waals surface area contributed by atoms with Crippen molar-refractivity contribution in [2.45, 2.75) is 33.1 Å². The van der Waals surface area contributed by atoms with E-state index in [-0.39, 0.29) is 46.1 Å². The Bertz CT molecular complexity index is 1360. The van der Waals surface area contributed by atoms with Crippen LogP contribution in [0.15, 0.2) is 59.2 Å². The molecule has 0 bridgehead atoms. The zero-order valence-corrected chi connectivity index (χ0v) is 19.1. The van der Waals surface area contributed by atoms with Crippen molar-refractivity contribution in [1.29, 1.82) is 0 Å². The summed E-state index contributed by atoms with van der Waals surface area (Å²) in [4.78, 5) is 50.4. The summed E-state index contributed by atoms with van der Waals surface area (Å²) in [5, 5.41) is 10.7. The van der Waals surface area contributed by atoms with E-state index in [0.717, 1.165) is 16.7 Å². The van der Waals surface area contributed by atoms with Crippen molar-refractivity contribution < 1.29 is 24.3 Å². The monoisotopic (exact) mass is 455 g/mol. The molecular weight excluding hydrogens is 430 g/mol. The summed E-state index contributed by atoms with van der Waals surface area (Å²) >= 11 is 0. The minimum absolute atomic E-state index is 0.000463. The lowest BCUT2D eigenvalue weighted by Crippen LogP contribution is -2.41. The summed E-state index contributed by atoms with van der Waals surface area (Å²) in [5.41, 5.74) is 9.89. The number of carbonyl (C=O) groups is 4. The molecule has 0 heterocycles. The summed E-state index contributed by atoms with van der Waals surface area (Å²) in [5.74, 6) is -2.09. The van der Waals surface area contributed by atoms with Crippen LogP contribution in [0.2, 0.25) is 0 Å². The normalized spacial score (nSPS) is 23.6. The third-order valence-corrected chi connectivity index (χ3v) is 7.59. The van der Waals surface area contributed by atoms with E-state index in [1.165, 1.54) is 13.0 Å². The number of amides is 1. The molecule has 172 valence electrons. The molecule has 2 aromatic carbocycles. The fraction of sp³-hybridized carbons (Fsp3) is 0.286. The van der Waals surface area contributed by atoms with E-state index in [0.29, 0.717) is 36.0 Å². The van der Waals surface area contributed by atoms with Crippen molar-refractivity contribution in [3.63, 3.8) is 0 Å². The number of ketones is 3. The smallest absolute Gasteiger partial charge is 0.252 e. The van der Waals surface area contributed by atoms with Crippen LogP contribution in [-0.4, -0.2) is 28.4 Å². The number of hydrogen-bond donors (Lipinski definition) is 2. The highest BCUT2D eigenvalue weighted by Crippen LogP contribution is 2.50. The molecule has 0 saturated carbocycles. The number of benzene rings is 2. The van der Waals surface area contributed by atoms with Crippen LogP contribution in [-0.2, 0) is 16.0 Å². The quantitative estimate of drug-likeness (QED) is 0.537. The molecule has 6 nitrogen and oxygen atoms in total. The van der Waals surface area contributed by atoms with Gasteiger partial charge in [-0.25, -0.2) is 0 Å². The molecule has 0 aromatic heterocycles. The van der Waals surface area contributed by atoms with Crippen molar-refractivity contribution in [3.05, 3.63) is 75.9 Å². The van der Waals surface area contributed by atoms with Crippen LogP contribution >= 0.6 is 0 Å². The summed E-state index contributed by atoms with van der Waals surface area (Å²) < 4.78 is 0. The Kier molecular flexibility index (Phi) is 5.12. The van der Waals surface area contributed by atoms with Gasteiger partial charge in [-0.1, -0.05) is 35.9 Å². The van der Waals surface area contributed by atoms with Crippen molar-refractivity contribution in [3.8, 4) is 16.9 Å². The molecule has 0 aliphatic heterocycles. The largest absolute Gasteiger partial charge is 0.507 e. The summed E-state index contributed by atoms with van der Waals surface area (Å²) in [6.07, 6.45) is 3.38. The number of phenolic OH excluding ortho intramolecular Hbond substituents is 1. The van der Waals surface area contributed by atoms with Gasteiger partial charge < -0.3 is 10.8 Å². The molecule has 2 aromatic rings. The lowest BCUT2D eigenvalue weighted by Gasteiger charge is -2.42. The molecule has 6 heteroatoms. The molecule has 5 rings (SSSR count). The van der Waals surface area contributed by atoms with Crippen LogP contribution in [0.4, 0.5) is 0 Å². The minimum Gasteiger partial charge on any atom is -0.507 e. The molecule has 1 amide bonds. The first-order valence-electron chi connectivity index (χ1n) is 11.4. The van der Waals surface area contributed by atoms with Crippen molar-refractivity contribution >= 4 is 23.3 Å². The third kappa shape index (κ3) is 3.24. The van der Waals surface area contributed by atoms with Crippen LogP contribution in [0.1, 0.15) is 53.0 Å². The van der Waals surface area contributed by atoms with Crippen molar-refractivity contribution in [1.82, 2.24) is 0 Å². The number of nitrogens with two attached hydrogens (primary N) is 1. The van der Waals surface area contributed by atoms with Gasteiger partial charge in [0.1, 0.15) is 5.75 Å². The number of carbonyl (C=O) groups excluding carboxylic acids is 4. The van der Waals surface area contributed by atoms with Crippen LogP contribution in [0.25, 0.3) is 11.1 Å². The van der Waals surface area contributed by atoms with Crippen LogP contribution in [0.3, 0.4) is 0 Å². The van der Waals surface area contributed by atoms with Gasteiger partial charge in [-0.3, -0.25) is 19.2 Å². The molecule has 3 unspecified atom stereocenters. The number of rotatable bonds is 3. The highest BCUT2D eigenvalue weighted by atomic mass is 16.3. The van der Waals surface area contributed by atoms with Gasteiger partial charge in [0.05, 0.1) is 11.1 Å². The van der Waals surface area contributed by atoms with E-state index in [4.69, 9.17) is 5.73 Å². The Morgan fingerprint density at radius 3 is 2.59 bits per heavy atom. The van der Waals surface area contributed by atoms with Crippen molar-refractivity contribution in [2.75, 3.05) is 0 Å². The van der Waals surface area contributed by atoms with Gasteiger partial charge in [0, 0.05) is 17.1 Å². The van der Waals surface area contributed by atoms with Gasteiger partial charge in [-0.2, -0.15) is 0 Å². The van der Waals surface area contributed by atoms with Crippen LogP contribution < -0.4 is 5.73 Å². The predicted octanol–water partition coefficient (Wildman–Crippen LogP) is 3.95. The van der Waals surface area contributed by atoms with Crippen molar-refractivity contribution in [2.24, 2.45) is 23.5 Å². The Morgan fingerprint density at radius 2 is 1.88 bits per heavy atom. The first kappa shape index (κ1) is 22.0. The molecule has 3 atom stereocenters. The highest BCUT2D eigenvalue weighted by Gasteiger charge is 2.46. The van der Waals surface area contributed by atoms with Gasteiger partial charge in [-0.15, -0.1) is 0 Å². The number of fused-ring (bicyclic) bond motifs is 3. The van der Waals surface area contributed by atoms with E-state index in [9.17, 15) is 24.3 Å². The van der Waals surface area contributed by atoms with E-state index < -0.39 is 11.8 Å². The second-order valence-corrected chi connectivity index (χ2v) is 9.51. The second-order valence-electron chi connectivity index (χ2n) is 9.51. The summed E-state index contributed by atoms with van der Waals surface area (Å²) in [6.45, 7) is 3.30. The average Bonchev–Trinajstić information content (AvgIpc) is 2.78. The molecule has 0 spiro atoms. The number of Topliss-reactive ketones (excluding diaryl/α,β-unsaturated/α-hetero) is 3. The molecule has 34 heavy (non-hydrogen) atoms. The Morgan fingerprint density at radius 1 is 1.12 bits per heavy atom. The molecule has 0 fully saturated rings. The molecule has 3 aliphatic rings. The zero-order chi connectivity index (χ0) is 24.3. The topological polar surface area (TPSA) is 115 Å². The average molecular weight is 456 g/mol. The fourth-order valence-electron chi connectivity index (χ4n) is 6.07. The molecule has 0 radical (unpaired) electrons. The highest BCUT2D eigenvalue weighted by molar-refractivity contribution is 6.22.